The van der Waals surface area contributed by atoms with Crippen LogP contribution in [0.25, 0.3) is 0 Å². The molecule has 0 spiro atoms. The zero-order valence-corrected chi connectivity index (χ0v) is 10.9. The van der Waals surface area contributed by atoms with Gasteiger partial charge >= 0.3 is 0 Å². The minimum absolute atomic E-state index is 1.09. The van der Waals surface area contributed by atoms with E-state index in [0.29, 0.717) is 0 Å². The van der Waals surface area contributed by atoms with Crippen LogP contribution in [0.2, 0.25) is 0 Å². The lowest BCUT2D eigenvalue weighted by Crippen LogP contribution is -1.79. The Morgan fingerprint density at radius 2 is 1.43 bits per heavy atom. The van der Waals surface area contributed by atoms with Gasteiger partial charge in [-0.3, -0.25) is 4.99 Å². The highest BCUT2D eigenvalue weighted by Gasteiger charge is 1.78. The largest absolute Gasteiger partial charge is 0.263 e. The van der Waals surface area contributed by atoms with E-state index in [1.807, 2.05) is 33.8 Å². The number of nitrogens with zero attached hydrogens (tertiary/aromatic N) is 1. The van der Waals surface area contributed by atoms with E-state index in [9.17, 15) is 0 Å². The molecule has 0 aliphatic carbocycles. The van der Waals surface area contributed by atoms with Crippen LogP contribution in [0.5, 0.6) is 0 Å². The number of aliphatic imine (C=N–C) groups is 1. The van der Waals surface area contributed by atoms with E-state index in [1.165, 1.54) is 25.7 Å². The molecule has 0 aliphatic rings. The summed E-state index contributed by atoms with van der Waals surface area (Å²) < 4.78 is 0. The molecule has 0 atom stereocenters. The molecule has 0 bridgehead atoms. The fourth-order valence-electron chi connectivity index (χ4n) is 0.917. The van der Waals surface area contributed by atoms with Crippen molar-refractivity contribution >= 4 is 5.71 Å². The molecule has 0 aromatic heterocycles. The van der Waals surface area contributed by atoms with Crippen LogP contribution < -0.4 is 0 Å². The minimum Gasteiger partial charge on any atom is -0.263 e. The third kappa shape index (κ3) is 17.5. The molecule has 0 aromatic carbocycles. The number of hydrogen-bond donors (Lipinski definition) is 0. The van der Waals surface area contributed by atoms with Crippen molar-refractivity contribution < 1.29 is 0 Å². The number of allylic oxidation sites excluding steroid dienone is 2. The standard InChI is InChI=1S/C7H13N.C6H14/c1-5-7(4)8-6(2)3;1-3-5-6-4-2/h5H,1-4H3;3-6H2,1-2H3/b7-5-;. The summed E-state index contributed by atoms with van der Waals surface area (Å²) in [5, 5.41) is 0. The maximum absolute atomic E-state index is 4.17. The normalized spacial score (nSPS) is 10.3. The van der Waals surface area contributed by atoms with Crippen molar-refractivity contribution in [2.75, 3.05) is 0 Å². The van der Waals surface area contributed by atoms with Crippen molar-refractivity contribution in [2.45, 2.75) is 67.2 Å². The fourth-order valence-corrected chi connectivity index (χ4v) is 0.917. The van der Waals surface area contributed by atoms with Gasteiger partial charge in [0.15, 0.2) is 0 Å². The molecule has 0 fully saturated rings. The van der Waals surface area contributed by atoms with Crippen LogP contribution in [0.15, 0.2) is 16.8 Å². The topological polar surface area (TPSA) is 12.4 Å². The van der Waals surface area contributed by atoms with Gasteiger partial charge < -0.3 is 0 Å². The van der Waals surface area contributed by atoms with E-state index in [4.69, 9.17) is 0 Å². The van der Waals surface area contributed by atoms with E-state index in [-0.39, 0.29) is 0 Å². The van der Waals surface area contributed by atoms with Crippen molar-refractivity contribution in [3.8, 4) is 0 Å². The highest BCUT2D eigenvalue weighted by molar-refractivity contribution is 5.80. The first-order chi connectivity index (χ1) is 6.58. The summed E-state index contributed by atoms with van der Waals surface area (Å²) in [5.41, 5.74) is 2.20. The van der Waals surface area contributed by atoms with Gasteiger partial charge in [-0.1, -0.05) is 45.6 Å². The van der Waals surface area contributed by atoms with Gasteiger partial charge in [0.2, 0.25) is 0 Å². The number of rotatable bonds is 4. The maximum Gasteiger partial charge on any atom is 0.0329 e. The van der Waals surface area contributed by atoms with Crippen molar-refractivity contribution in [1.82, 2.24) is 0 Å². The van der Waals surface area contributed by atoms with Gasteiger partial charge in [0, 0.05) is 11.4 Å². The highest BCUT2D eigenvalue weighted by Crippen LogP contribution is 1.95. The summed E-state index contributed by atoms with van der Waals surface area (Å²) in [7, 11) is 0. The van der Waals surface area contributed by atoms with Gasteiger partial charge in [0.1, 0.15) is 0 Å². The lowest BCUT2D eigenvalue weighted by Gasteiger charge is -1.88. The van der Waals surface area contributed by atoms with Gasteiger partial charge in [0.25, 0.3) is 0 Å². The quantitative estimate of drug-likeness (QED) is 0.445. The molecule has 1 nitrogen and oxygen atoms in total. The molecule has 0 rings (SSSR count). The second kappa shape index (κ2) is 12.4. The van der Waals surface area contributed by atoms with Crippen LogP contribution >= 0.6 is 0 Å². The van der Waals surface area contributed by atoms with Gasteiger partial charge in [-0.05, 0) is 27.7 Å². The lowest BCUT2D eigenvalue weighted by molar-refractivity contribution is 0.702. The molecule has 14 heavy (non-hydrogen) atoms. The first-order valence-corrected chi connectivity index (χ1v) is 5.73. The molecule has 84 valence electrons. The minimum atomic E-state index is 1.09. The SMILES string of the molecule is C/C=C(/C)N=C(C)C.CCCCCC. The molecule has 0 unspecified atom stereocenters. The van der Waals surface area contributed by atoms with Crippen LogP contribution in [0.3, 0.4) is 0 Å². The second-order valence-electron chi connectivity index (χ2n) is 3.70. The molecule has 0 aromatic rings. The smallest absolute Gasteiger partial charge is 0.0329 e. The molecule has 0 radical (unpaired) electrons. The van der Waals surface area contributed by atoms with Gasteiger partial charge in [-0.25, -0.2) is 0 Å². The molecule has 0 saturated heterocycles. The summed E-state index contributed by atoms with van der Waals surface area (Å²) in [6.07, 6.45) is 7.53. The average Bonchev–Trinajstić information content (AvgIpc) is 2.14. The summed E-state index contributed by atoms with van der Waals surface area (Å²) in [6.45, 7) is 12.4. The Morgan fingerprint density at radius 1 is 1.00 bits per heavy atom. The lowest BCUT2D eigenvalue weighted by atomic mass is 10.2. The van der Waals surface area contributed by atoms with Crippen molar-refractivity contribution in [3.05, 3.63) is 11.8 Å². The van der Waals surface area contributed by atoms with E-state index in [2.05, 4.69) is 18.8 Å². The second-order valence-corrected chi connectivity index (χ2v) is 3.70. The monoisotopic (exact) mass is 197 g/mol. The van der Waals surface area contributed by atoms with Crippen molar-refractivity contribution in [1.29, 1.82) is 0 Å². The van der Waals surface area contributed by atoms with Crippen LogP contribution in [-0.4, -0.2) is 5.71 Å². The van der Waals surface area contributed by atoms with Crippen LogP contribution in [0.4, 0.5) is 0 Å². The average molecular weight is 197 g/mol. The Kier molecular flexibility index (Phi) is 14.1. The van der Waals surface area contributed by atoms with Crippen LogP contribution in [0.1, 0.15) is 67.2 Å². The van der Waals surface area contributed by atoms with Crippen molar-refractivity contribution in [2.24, 2.45) is 4.99 Å². The Hall–Kier alpha value is -0.590. The number of unbranched alkanes of at least 4 members (excludes halogenated alkanes) is 3. The zero-order valence-electron chi connectivity index (χ0n) is 10.9. The molecule has 0 heterocycles. The molecule has 0 aliphatic heterocycles. The summed E-state index contributed by atoms with van der Waals surface area (Å²) in [4.78, 5) is 4.17. The van der Waals surface area contributed by atoms with E-state index in [1.54, 1.807) is 0 Å². The number of hydrogen-bond acceptors (Lipinski definition) is 1. The molecule has 1 heteroatoms. The third-order valence-corrected chi connectivity index (χ3v) is 1.77. The Balaban J connectivity index is 0. The molecule has 0 saturated carbocycles. The predicted octanol–water partition coefficient (Wildman–Crippen LogP) is 4.98. The Labute approximate surface area is 90.3 Å². The van der Waals surface area contributed by atoms with Crippen LogP contribution in [-0.2, 0) is 0 Å². The van der Waals surface area contributed by atoms with Crippen LogP contribution in [0, 0.1) is 0 Å². The predicted molar refractivity (Wildman–Crippen MR) is 68.0 cm³/mol. The maximum atomic E-state index is 4.17. The Morgan fingerprint density at radius 3 is 1.57 bits per heavy atom. The fraction of sp³-hybridized carbons (Fsp3) is 0.769. The van der Waals surface area contributed by atoms with E-state index < -0.39 is 0 Å². The first kappa shape index (κ1) is 15.9. The third-order valence-electron chi connectivity index (χ3n) is 1.77. The first-order valence-electron chi connectivity index (χ1n) is 5.73. The molecular weight excluding hydrogens is 170 g/mol. The Bertz CT molecular complexity index is 158. The highest BCUT2D eigenvalue weighted by atomic mass is 14.7. The molecular formula is C13H27N. The van der Waals surface area contributed by atoms with Gasteiger partial charge in [0.05, 0.1) is 0 Å². The van der Waals surface area contributed by atoms with E-state index >= 15 is 0 Å². The molecule has 0 amide bonds. The van der Waals surface area contributed by atoms with Gasteiger partial charge in [-0.2, -0.15) is 0 Å². The summed E-state index contributed by atoms with van der Waals surface area (Å²) >= 11 is 0. The molecule has 0 N–H and O–H groups in total. The summed E-state index contributed by atoms with van der Waals surface area (Å²) in [6, 6.07) is 0. The zero-order chi connectivity index (χ0) is 11.4. The van der Waals surface area contributed by atoms with Crippen molar-refractivity contribution in [3.63, 3.8) is 0 Å². The summed E-state index contributed by atoms with van der Waals surface area (Å²) in [5.74, 6) is 0. The van der Waals surface area contributed by atoms with E-state index in [0.717, 1.165) is 11.4 Å². The van der Waals surface area contributed by atoms with Gasteiger partial charge in [-0.15, -0.1) is 0 Å².